The number of carbonyl (C=O) groups excluding carboxylic acids is 1. The molecule has 2 aromatic carbocycles. The van der Waals surface area contributed by atoms with E-state index in [1.807, 2.05) is 0 Å². The first-order valence-corrected chi connectivity index (χ1v) is 8.05. The average molecular weight is 307 g/mol. The molecule has 6 heteroatoms. The van der Waals surface area contributed by atoms with Crippen LogP contribution in [-0.2, 0) is 9.84 Å². The molecular formula is C15H14FNO3S. The minimum Gasteiger partial charge on any atom is -0.319 e. The Balaban J connectivity index is 2.38. The smallest absolute Gasteiger partial charge is 0.256 e. The summed E-state index contributed by atoms with van der Waals surface area (Å²) in [6.45, 7) is 1.68. The Bertz CT molecular complexity index is 800. The molecule has 0 aliphatic carbocycles. The summed E-state index contributed by atoms with van der Waals surface area (Å²) in [5, 5.41) is 2.44. The highest BCUT2D eigenvalue weighted by atomic mass is 32.2. The first kappa shape index (κ1) is 15.2. The molecule has 0 saturated heterocycles. The zero-order valence-corrected chi connectivity index (χ0v) is 12.4. The molecule has 0 spiro atoms. The lowest BCUT2D eigenvalue weighted by atomic mass is 10.1. The standard InChI is InChI=1S/C15H14FNO3S/c1-10-7-8-11(21(2,19)20)9-12(10)15(18)17-14-6-4-3-5-13(14)16/h3-9H,1-2H3,(H,17,18). The summed E-state index contributed by atoms with van der Waals surface area (Å²) in [5.74, 6) is -1.11. The van der Waals surface area contributed by atoms with Crippen LogP contribution >= 0.6 is 0 Å². The van der Waals surface area contributed by atoms with Gasteiger partial charge >= 0.3 is 0 Å². The van der Waals surface area contributed by atoms with Crippen molar-refractivity contribution in [3.8, 4) is 0 Å². The molecule has 1 N–H and O–H groups in total. The van der Waals surface area contributed by atoms with Gasteiger partial charge in [0.1, 0.15) is 5.82 Å². The number of benzene rings is 2. The Morgan fingerprint density at radius 3 is 2.43 bits per heavy atom. The molecule has 1 amide bonds. The number of hydrogen-bond acceptors (Lipinski definition) is 3. The summed E-state index contributed by atoms with van der Waals surface area (Å²) in [6.07, 6.45) is 1.07. The number of carbonyl (C=O) groups is 1. The van der Waals surface area contributed by atoms with Crippen LogP contribution in [0.2, 0.25) is 0 Å². The number of halogens is 1. The molecule has 0 aliphatic rings. The van der Waals surface area contributed by atoms with Crippen LogP contribution in [0.25, 0.3) is 0 Å². The van der Waals surface area contributed by atoms with Gasteiger partial charge in [-0.25, -0.2) is 12.8 Å². The van der Waals surface area contributed by atoms with Crippen molar-refractivity contribution in [2.24, 2.45) is 0 Å². The van der Waals surface area contributed by atoms with Crippen molar-refractivity contribution in [3.05, 3.63) is 59.4 Å². The Hall–Kier alpha value is -2.21. The van der Waals surface area contributed by atoms with Gasteiger partial charge in [-0.2, -0.15) is 0 Å². The van der Waals surface area contributed by atoms with Crippen molar-refractivity contribution < 1.29 is 17.6 Å². The normalized spacial score (nSPS) is 11.2. The molecule has 0 bridgehead atoms. The summed E-state index contributed by atoms with van der Waals surface area (Å²) >= 11 is 0. The van der Waals surface area contributed by atoms with Gasteiger partial charge in [0.15, 0.2) is 9.84 Å². The lowest BCUT2D eigenvalue weighted by Gasteiger charge is -2.10. The number of anilines is 1. The average Bonchev–Trinajstić information content (AvgIpc) is 2.40. The fourth-order valence-electron chi connectivity index (χ4n) is 1.83. The van der Waals surface area contributed by atoms with E-state index >= 15 is 0 Å². The SMILES string of the molecule is Cc1ccc(S(C)(=O)=O)cc1C(=O)Nc1ccccc1F. The van der Waals surface area contributed by atoms with E-state index in [2.05, 4.69) is 5.32 Å². The molecule has 0 atom stereocenters. The number of hydrogen-bond donors (Lipinski definition) is 1. The molecular weight excluding hydrogens is 293 g/mol. The van der Waals surface area contributed by atoms with Crippen molar-refractivity contribution in [1.29, 1.82) is 0 Å². The van der Waals surface area contributed by atoms with Crippen LogP contribution in [0.4, 0.5) is 10.1 Å². The predicted octanol–water partition coefficient (Wildman–Crippen LogP) is 2.79. The van der Waals surface area contributed by atoms with E-state index in [1.165, 1.54) is 30.3 Å². The molecule has 2 aromatic rings. The molecule has 0 aromatic heterocycles. The van der Waals surface area contributed by atoms with Gasteiger partial charge < -0.3 is 5.32 Å². The summed E-state index contributed by atoms with van der Waals surface area (Å²) in [4.78, 5) is 12.2. The van der Waals surface area contributed by atoms with E-state index in [1.54, 1.807) is 19.1 Å². The molecule has 0 saturated carbocycles. The maximum absolute atomic E-state index is 13.5. The molecule has 0 heterocycles. The minimum atomic E-state index is -3.41. The highest BCUT2D eigenvalue weighted by Crippen LogP contribution is 2.19. The predicted molar refractivity (Wildman–Crippen MR) is 78.6 cm³/mol. The molecule has 110 valence electrons. The van der Waals surface area contributed by atoms with Gasteiger partial charge in [-0.05, 0) is 36.8 Å². The largest absolute Gasteiger partial charge is 0.319 e. The highest BCUT2D eigenvalue weighted by Gasteiger charge is 2.15. The second-order valence-corrected chi connectivity index (χ2v) is 6.70. The third-order valence-electron chi connectivity index (χ3n) is 3.00. The van der Waals surface area contributed by atoms with Gasteiger partial charge in [0.25, 0.3) is 5.91 Å². The fraction of sp³-hybridized carbons (Fsp3) is 0.133. The number of sulfone groups is 1. The van der Waals surface area contributed by atoms with Crippen LogP contribution < -0.4 is 5.32 Å². The van der Waals surface area contributed by atoms with E-state index in [4.69, 9.17) is 0 Å². The van der Waals surface area contributed by atoms with E-state index in [0.717, 1.165) is 6.26 Å². The molecule has 2 rings (SSSR count). The van der Waals surface area contributed by atoms with Gasteiger partial charge in [0.2, 0.25) is 0 Å². The van der Waals surface area contributed by atoms with Crippen molar-refractivity contribution in [1.82, 2.24) is 0 Å². The van der Waals surface area contributed by atoms with Crippen LogP contribution in [0.5, 0.6) is 0 Å². The van der Waals surface area contributed by atoms with E-state index in [-0.39, 0.29) is 16.1 Å². The van der Waals surface area contributed by atoms with Crippen LogP contribution in [0.15, 0.2) is 47.4 Å². The second kappa shape index (κ2) is 5.65. The van der Waals surface area contributed by atoms with Crippen LogP contribution in [0.3, 0.4) is 0 Å². The summed E-state index contributed by atoms with van der Waals surface area (Å²) in [6, 6.07) is 10.1. The van der Waals surface area contributed by atoms with Crippen LogP contribution in [0.1, 0.15) is 15.9 Å². The van der Waals surface area contributed by atoms with Crippen molar-refractivity contribution >= 4 is 21.4 Å². The third kappa shape index (κ3) is 3.46. The van der Waals surface area contributed by atoms with E-state index in [0.29, 0.717) is 5.56 Å². The van der Waals surface area contributed by atoms with Crippen molar-refractivity contribution in [3.63, 3.8) is 0 Å². The number of rotatable bonds is 3. The monoisotopic (exact) mass is 307 g/mol. The maximum Gasteiger partial charge on any atom is 0.256 e. The summed E-state index contributed by atoms with van der Waals surface area (Å²) in [5.41, 5.74) is 0.851. The van der Waals surface area contributed by atoms with E-state index in [9.17, 15) is 17.6 Å². The quantitative estimate of drug-likeness (QED) is 0.948. The molecule has 4 nitrogen and oxygen atoms in total. The molecule has 0 fully saturated rings. The first-order chi connectivity index (χ1) is 9.79. The number of para-hydroxylation sites is 1. The van der Waals surface area contributed by atoms with Gasteiger partial charge in [-0.3, -0.25) is 4.79 Å². The van der Waals surface area contributed by atoms with Gasteiger partial charge in [0, 0.05) is 11.8 Å². The zero-order chi connectivity index (χ0) is 15.6. The first-order valence-electron chi connectivity index (χ1n) is 6.15. The Labute approximate surface area is 122 Å². The highest BCUT2D eigenvalue weighted by molar-refractivity contribution is 7.90. The lowest BCUT2D eigenvalue weighted by Crippen LogP contribution is -2.15. The topological polar surface area (TPSA) is 63.2 Å². The van der Waals surface area contributed by atoms with Crippen LogP contribution in [-0.4, -0.2) is 20.6 Å². The van der Waals surface area contributed by atoms with Gasteiger partial charge in [0.05, 0.1) is 10.6 Å². The lowest BCUT2D eigenvalue weighted by molar-refractivity contribution is 0.102. The van der Waals surface area contributed by atoms with Crippen molar-refractivity contribution in [2.75, 3.05) is 11.6 Å². The van der Waals surface area contributed by atoms with Crippen molar-refractivity contribution in [2.45, 2.75) is 11.8 Å². The fourth-order valence-corrected chi connectivity index (χ4v) is 2.48. The second-order valence-electron chi connectivity index (χ2n) is 4.68. The zero-order valence-electron chi connectivity index (χ0n) is 11.6. The molecule has 0 unspecified atom stereocenters. The third-order valence-corrected chi connectivity index (χ3v) is 4.11. The molecule has 21 heavy (non-hydrogen) atoms. The Morgan fingerprint density at radius 2 is 1.81 bits per heavy atom. The Kier molecular flexibility index (Phi) is 4.09. The molecule has 0 aliphatic heterocycles. The van der Waals surface area contributed by atoms with Gasteiger partial charge in [-0.1, -0.05) is 18.2 Å². The molecule has 0 radical (unpaired) electrons. The summed E-state index contributed by atoms with van der Waals surface area (Å²) in [7, 11) is -3.41. The minimum absolute atomic E-state index is 0.0478. The summed E-state index contributed by atoms with van der Waals surface area (Å²) < 4.78 is 36.6. The number of amides is 1. The number of aryl methyl sites for hydroxylation is 1. The number of nitrogens with one attached hydrogen (secondary N) is 1. The van der Waals surface area contributed by atoms with Crippen LogP contribution in [0, 0.1) is 12.7 Å². The van der Waals surface area contributed by atoms with E-state index < -0.39 is 21.6 Å². The maximum atomic E-state index is 13.5. The van der Waals surface area contributed by atoms with Gasteiger partial charge in [-0.15, -0.1) is 0 Å². The Morgan fingerprint density at radius 1 is 1.14 bits per heavy atom.